The van der Waals surface area contributed by atoms with Gasteiger partial charge >= 0.3 is 0 Å². The van der Waals surface area contributed by atoms with Gasteiger partial charge in [-0.15, -0.1) is 0 Å². The van der Waals surface area contributed by atoms with Crippen LogP contribution in [-0.2, 0) is 4.74 Å². The molecule has 1 aliphatic heterocycles. The molecule has 0 aromatic heterocycles. The monoisotopic (exact) mass is 243 g/mol. The molecule has 1 rings (SSSR count). The Morgan fingerprint density at radius 3 is 2.59 bits per heavy atom. The lowest BCUT2D eigenvalue weighted by molar-refractivity contribution is 0.101. The molecule has 1 saturated heterocycles. The highest BCUT2D eigenvalue weighted by Crippen LogP contribution is 2.09. The van der Waals surface area contributed by atoms with E-state index in [1.54, 1.807) is 7.11 Å². The summed E-state index contributed by atoms with van der Waals surface area (Å²) in [5.41, 5.74) is 5.69. The van der Waals surface area contributed by atoms with Crippen LogP contribution in [0.5, 0.6) is 0 Å². The SMILES string of the molecule is COCC(C)N1CCCN(CC(C)CN)CC1. The molecule has 1 aliphatic rings. The Morgan fingerprint density at radius 1 is 1.18 bits per heavy atom. The minimum Gasteiger partial charge on any atom is -0.383 e. The van der Waals surface area contributed by atoms with Gasteiger partial charge in [0.05, 0.1) is 6.61 Å². The van der Waals surface area contributed by atoms with Crippen molar-refractivity contribution < 1.29 is 4.74 Å². The third-order valence-electron chi connectivity index (χ3n) is 3.63. The number of rotatable bonds is 6. The molecule has 0 saturated carbocycles. The van der Waals surface area contributed by atoms with Gasteiger partial charge in [-0.3, -0.25) is 4.90 Å². The Kier molecular flexibility index (Phi) is 7.04. The zero-order chi connectivity index (χ0) is 12.7. The maximum absolute atomic E-state index is 5.69. The van der Waals surface area contributed by atoms with Gasteiger partial charge in [0.2, 0.25) is 0 Å². The van der Waals surface area contributed by atoms with Gasteiger partial charge in [-0.05, 0) is 38.9 Å². The molecule has 4 heteroatoms. The Labute approximate surface area is 106 Å². The van der Waals surface area contributed by atoms with Crippen molar-refractivity contribution in [3.8, 4) is 0 Å². The second kappa shape index (κ2) is 8.03. The molecule has 0 aromatic carbocycles. The molecular weight excluding hydrogens is 214 g/mol. The molecule has 0 bridgehead atoms. The third-order valence-corrected chi connectivity index (χ3v) is 3.63. The number of hydrogen-bond acceptors (Lipinski definition) is 4. The van der Waals surface area contributed by atoms with Crippen LogP contribution in [-0.4, -0.2) is 68.8 Å². The first-order valence-corrected chi connectivity index (χ1v) is 6.82. The summed E-state index contributed by atoms with van der Waals surface area (Å²) in [4.78, 5) is 5.09. The molecule has 2 unspecified atom stereocenters. The number of ether oxygens (including phenoxy) is 1. The van der Waals surface area contributed by atoms with Crippen molar-refractivity contribution >= 4 is 0 Å². The van der Waals surface area contributed by atoms with Crippen molar-refractivity contribution in [2.75, 3.05) is 53.0 Å². The highest BCUT2D eigenvalue weighted by molar-refractivity contribution is 4.75. The van der Waals surface area contributed by atoms with E-state index in [0.717, 1.165) is 26.2 Å². The van der Waals surface area contributed by atoms with Crippen molar-refractivity contribution in [3.05, 3.63) is 0 Å². The number of nitrogens with zero attached hydrogens (tertiary/aromatic N) is 2. The average molecular weight is 243 g/mol. The minimum atomic E-state index is 0.534. The molecular formula is C13H29N3O. The van der Waals surface area contributed by atoms with Crippen molar-refractivity contribution in [2.45, 2.75) is 26.3 Å². The second-order valence-electron chi connectivity index (χ2n) is 5.34. The van der Waals surface area contributed by atoms with Crippen LogP contribution < -0.4 is 5.73 Å². The van der Waals surface area contributed by atoms with Crippen molar-refractivity contribution in [1.29, 1.82) is 0 Å². The molecule has 0 amide bonds. The van der Waals surface area contributed by atoms with E-state index in [9.17, 15) is 0 Å². The van der Waals surface area contributed by atoms with Crippen LogP contribution in [0, 0.1) is 5.92 Å². The number of nitrogens with two attached hydrogens (primary N) is 1. The lowest BCUT2D eigenvalue weighted by atomic mass is 10.1. The molecule has 4 nitrogen and oxygen atoms in total. The molecule has 0 aromatic rings. The highest BCUT2D eigenvalue weighted by atomic mass is 16.5. The molecule has 1 fully saturated rings. The van der Waals surface area contributed by atoms with Gasteiger partial charge in [0.15, 0.2) is 0 Å². The van der Waals surface area contributed by atoms with Gasteiger partial charge in [-0.2, -0.15) is 0 Å². The van der Waals surface area contributed by atoms with Crippen LogP contribution in [0.3, 0.4) is 0 Å². The summed E-state index contributed by atoms with van der Waals surface area (Å²) in [5.74, 6) is 0.609. The van der Waals surface area contributed by atoms with Crippen LogP contribution in [0.25, 0.3) is 0 Å². The third kappa shape index (κ3) is 5.34. The average Bonchev–Trinajstić information content (AvgIpc) is 2.55. The van der Waals surface area contributed by atoms with E-state index in [1.165, 1.54) is 26.1 Å². The molecule has 0 radical (unpaired) electrons. The van der Waals surface area contributed by atoms with E-state index >= 15 is 0 Å². The fraction of sp³-hybridized carbons (Fsp3) is 1.00. The molecule has 0 spiro atoms. The summed E-state index contributed by atoms with van der Waals surface area (Å²) in [6, 6.07) is 0.534. The maximum Gasteiger partial charge on any atom is 0.0615 e. The summed E-state index contributed by atoms with van der Waals surface area (Å²) in [6.07, 6.45) is 1.26. The first-order valence-electron chi connectivity index (χ1n) is 6.82. The van der Waals surface area contributed by atoms with Crippen molar-refractivity contribution in [3.63, 3.8) is 0 Å². The van der Waals surface area contributed by atoms with Crippen molar-refractivity contribution in [1.82, 2.24) is 9.80 Å². The van der Waals surface area contributed by atoms with E-state index in [-0.39, 0.29) is 0 Å². The van der Waals surface area contributed by atoms with Gasteiger partial charge in [-0.25, -0.2) is 0 Å². The number of hydrogen-bond donors (Lipinski definition) is 1. The fourth-order valence-electron chi connectivity index (χ4n) is 2.48. The molecule has 0 aliphatic carbocycles. The van der Waals surface area contributed by atoms with E-state index in [1.807, 2.05) is 0 Å². The lowest BCUT2D eigenvalue weighted by Crippen LogP contribution is -2.40. The molecule has 102 valence electrons. The second-order valence-corrected chi connectivity index (χ2v) is 5.34. The van der Waals surface area contributed by atoms with E-state index in [0.29, 0.717) is 12.0 Å². The minimum absolute atomic E-state index is 0.534. The Morgan fingerprint density at radius 2 is 1.94 bits per heavy atom. The predicted octanol–water partition coefficient (Wildman–Crippen LogP) is 0.624. The molecule has 2 N–H and O–H groups in total. The van der Waals surface area contributed by atoms with Crippen molar-refractivity contribution in [2.24, 2.45) is 11.7 Å². The van der Waals surface area contributed by atoms with Crippen LogP contribution in [0.1, 0.15) is 20.3 Å². The Hall–Kier alpha value is -0.160. The zero-order valence-electron chi connectivity index (χ0n) is 11.7. The zero-order valence-corrected chi connectivity index (χ0v) is 11.7. The summed E-state index contributed by atoms with van der Waals surface area (Å²) < 4.78 is 5.23. The van der Waals surface area contributed by atoms with Crippen LogP contribution in [0.15, 0.2) is 0 Å². The van der Waals surface area contributed by atoms with Gasteiger partial charge in [0.25, 0.3) is 0 Å². The molecule has 1 heterocycles. The van der Waals surface area contributed by atoms with Gasteiger partial charge in [-0.1, -0.05) is 6.92 Å². The summed E-state index contributed by atoms with van der Waals surface area (Å²) in [7, 11) is 1.78. The summed E-state index contributed by atoms with van der Waals surface area (Å²) in [6.45, 7) is 12.0. The number of methoxy groups -OCH3 is 1. The standard InChI is InChI=1S/C13H29N3O/c1-12(9-14)10-15-5-4-6-16(8-7-15)13(2)11-17-3/h12-13H,4-11,14H2,1-3H3. The van der Waals surface area contributed by atoms with E-state index in [2.05, 4.69) is 23.6 Å². The van der Waals surface area contributed by atoms with E-state index < -0.39 is 0 Å². The highest BCUT2D eigenvalue weighted by Gasteiger charge is 2.19. The van der Waals surface area contributed by atoms with Gasteiger partial charge in [0.1, 0.15) is 0 Å². The molecule has 17 heavy (non-hydrogen) atoms. The maximum atomic E-state index is 5.69. The molecule has 2 atom stereocenters. The van der Waals surface area contributed by atoms with Crippen LogP contribution >= 0.6 is 0 Å². The first kappa shape index (κ1) is 14.9. The Balaban J connectivity index is 2.33. The lowest BCUT2D eigenvalue weighted by Gasteiger charge is -2.27. The normalized spacial score (nSPS) is 23.3. The van der Waals surface area contributed by atoms with Gasteiger partial charge in [0, 0.05) is 32.8 Å². The quantitative estimate of drug-likeness (QED) is 0.743. The summed E-state index contributed by atoms with van der Waals surface area (Å²) in [5, 5.41) is 0. The predicted molar refractivity (Wildman–Crippen MR) is 72.2 cm³/mol. The Bertz CT molecular complexity index is 201. The van der Waals surface area contributed by atoms with Crippen LogP contribution in [0.4, 0.5) is 0 Å². The smallest absolute Gasteiger partial charge is 0.0615 e. The van der Waals surface area contributed by atoms with E-state index in [4.69, 9.17) is 10.5 Å². The topological polar surface area (TPSA) is 41.7 Å². The van der Waals surface area contributed by atoms with Crippen LogP contribution in [0.2, 0.25) is 0 Å². The fourth-order valence-corrected chi connectivity index (χ4v) is 2.48. The summed E-state index contributed by atoms with van der Waals surface area (Å²) >= 11 is 0. The van der Waals surface area contributed by atoms with Gasteiger partial charge < -0.3 is 15.4 Å². The largest absolute Gasteiger partial charge is 0.383 e. The first-order chi connectivity index (χ1) is 8.17.